The lowest BCUT2D eigenvalue weighted by atomic mass is 9.89. The third-order valence-electron chi connectivity index (χ3n) is 2.07. The Balaban J connectivity index is 3.41. The van der Waals surface area contributed by atoms with Crippen LogP contribution < -0.4 is 0 Å². The smallest absolute Gasteiger partial charge is 0.276 e. The highest BCUT2D eigenvalue weighted by molar-refractivity contribution is 6.68. The van der Waals surface area contributed by atoms with Crippen molar-refractivity contribution in [2.24, 2.45) is 0 Å². The van der Waals surface area contributed by atoms with Gasteiger partial charge in [-0.25, -0.2) is 17.6 Å². The van der Waals surface area contributed by atoms with E-state index in [1.807, 2.05) is 0 Å². The number of carbonyl (C=O) groups excluding carboxylic acids is 1. The zero-order valence-corrected chi connectivity index (χ0v) is 8.34. The molecular formula is C8H2ClF7O. The van der Waals surface area contributed by atoms with Crippen LogP contribution in [-0.2, 0) is 4.79 Å². The Morgan fingerprint density at radius 3 is 2.18 bits per heavy atom. The molecule has 1 nitrogen and oxygen atoms in total. The highest BCUT2D eigenvalue weighted by Gasteiger charge is 2.68. The molecule has 0 amide bonds. The third kappa shape index (κ3) is 1.94. The molecule has 0 heterocycles. The third-order valence-corrected chi connectivity index (χ3v) is 2.28. The van der Waals surface area contributed by atoms with Gasteiger partial charge in [-0.3, -0.25) is 4.79 Å². The molecule has 9 heteroatoms. The maximum atomic E-state index is 13.2. The highest BCUT2D eigenvalue weighted by atomic mass is 35.5. The molecule has 0 spiro atoms. The van der Waals surface area contributed by atoms with Gasteiger partial charge in [0.2, 0.25) is 6.17 Å². The molecule has 0 fully saturated rings. The van der Waals surface area contributed by atoms with Crippen molar-refractivity contribution in [1.82, 2.24) is 0 Å². The molecule has 96 valence electrons. The van der Waals surface area contributed by atoms with Crippen molar-refractivity contribution < 1.29 is 35.5 Å². The van der Waals surface area contributed by atoms with Crippen molar-refractivity contribution in [3.05, 3.63) is 23.3 Å². The van der Waals surface area contributed by atoms with E-state index >= 15 is 0 Å². The fraction of sp³-hybridized carbons (Fsp3) is 0.375. The molecule has 0 bridgehead atoms. The lowest BCUT2D eigenvalue weighted by molar-refractivity contribution is -0.238. The number of hydrogen-bond acceptors (Lipinski definition) is 1. The van der Waals surface area contributed by atoms with Gasteiger partial charge in [-0.1, -0.05) is 0 Å². The SMILES string of the molecule is O=C(Cl)C1=C(F)C(F)C(F)(C(F)(F)F)C(F)=C1. The van der Waals surface area contributed by atoms with Gasteiger partial charge in [0.05, 0.1) is 5.57 Å². The van der Waals surface area contributed by atoms with Gasteiger partial charge < -0.3 is 0 Å². The number of carbonyl (C=O) groups is 1. The molecule has 0 aromatic carbocycles. The summed E-state index contributed by atoms with van der Waals surface area (Å²) >= 11 is 4.67. The summed E-state index contributed by atoms with van der Waals surface area (Å²) in [4.78, 5) is 10.4. The summed E-state index contributed by atoms with van der Waals surface area (Å²) in [6, 6.07) is 0. The number of allylic oxidation sites excluding steroid dienone is 4. The van der Waals surface area contributed by atoms with Gasteiger partial charge in [0, 0.05) is 0 Å². The van der Waals surface area contributed by atoms with Gasteiger partial charge in [-0.15, -0.1) is 0 Å². The predicted octanol–water partition coefficient (Wildman–Crippen LogP) is 3.45. The van der Waals surface area contributed by atoms with Crippen LogP contribution in [0.3, 0.4) is 0 Å². The van der Waals surface area contributed by atoms with E-state index in [1.54, 1.807) is 0 Å². The Hall–Kier alpha value is -1.05. The molecule has 0 aromatic rings. The van der Waals surface area contributed by atoms with E-state index in [0.29, 0.717) is 0 Å². The van der Waals surface area contributed by atoms with E-state index < -0.39 is 46.6 Å². The molecule has 1 rings (SSSR count). The molecule has 0 aliphatic heterocycles. The standard InChI is InChI=1S/C8H2ClF7O/c9-6(17)2-1-3(10)7(13,8(14,15)16)5(12)4(2)11/h1,5H. The first kappa shape index (κ1) is 14.0. The average molecular weight is 283 g/mol. The monoisotopic (exact) mass is 282 g/mol. The van der Waals surface area contributed by atoms with E-state index in [-0.39, 0.29) is 0 Å². The molecule has 0 N–H and O–H groups in total. The normalized spacial score (nSPS) is 30.4. The van der Waals surface area contributed by atoms with Crippen LogP contribution in [0.25, 0.3) is 0 Å². The van der Waals surface area contributed by atoms with Crippen LogP contribution in [0.2, 0.25) is 0 Å². The van der Waals surface area contributed by atoms with Gasteiger partial charge >= 0.3 is 6.18 Å². The molecule has 2 atom stereocenters. The number of hydrogen-bond donors (Lipinski definition) is 0. The lowest BCUT2D eigenvalue weighted by Crippen LogP contribution is -2.51. The number of rotatable bonds is 1. The first-order chi connectivity index (χ1) is 7.53. The van der Waals surface area contributed by atoms with Crippen LogP contribution >= 0.6 is 11.6 Å². The Labute approximate surface area is 94.5 Å². The summed E-state index contributed by atoms with van der Waals surface area (Å²) in [5, 5.41) is -1.73. The Morgan fingerprint density at radius 2 is 1.82 bits per heavy atom. The minimum absolute atomic E-state index is 0.408. The summed E-state index contributed by atoms with van der Waals surface area (Å²) in [6.45, 7) is 0. The molecule has 0 aromatic heterocycles. The van der Waals surface area contributed by atoms with Crippen molar-refractivity contribution in [2.75, 3.05) is 0 Å². The van der Waals surface area contributed by atoms with Crippen LogP contribution in [0.5, 0.6) is 0 Å². The van der Waals surface area contributed by atoms with Gasteiger partial charge in [-0.2, -0.15) is 13.2 Å². The van der Waals surface area contributed by atoms with Crippen LogP contribution in [-0.4, -0.2) is 23.3 Å². The summed E-state index contributed by atoms with van der Waals surface area (Å²) in [5.74, 6) is -5.06. The van der Waals surface area contributed by atoms with Crippen LogP contribution in [0, 0.1) is 0 Å². The number of alkyl halides is 5. The molecular weight excluding hydrogens is 281 g/mol. The van der Waals surface area contributed by atoms with Crippen molar-refractivity contribution in [3.63, 3.8) is 0 Å². The lowest BCUT2D eigenvalue weighted by Gasteiger charge is -2.31. The first-order valence-electron chi connectivity index (χ1n) is 3.90. The average Bonchev–Trinajstić information content (AvgIpc) is 2.18. The number of halogens is 8. The Bertz CT molecular complexity index is 424. The molecule has 0 radical (unpaired) electrons. The van der Waals surface area contributed by atoms with Crippen molar-refractivity contribution in [3.8, 4) is 0 Å². The summed E-state index contributed by atoms with van der Waals surface area (Å²) in [6.07, 6.45) is -10.4. The van der Waals surface area contributed by atoms with Gasteiger partial charge in [0.1, 0.15) is 0 Å². The van der Waals surface area contributed by atoms with E-state index in [1.165, 1.54) is 0 Å². The Morgan fingerprint density at radius 1 is 1.35 bits per heavy atom. The maximum absolute atomic E-state index is 13.2. The minimum Gasteiger partial charge on any atom is -0.276 e. The first-order valence-corrected chi connectivity index (χ1v) is 4.28. The van der Waals surface area contributed by atoms with Crippen LogP contribution in [0.4, 0.5) is 30.7 Å². The zero-order chi connectivity index (χ0) is 13.6. The molecule has 1 aliphatic carbocycles. The largest absolute Gasteiger partial charge is 0.432 e. The summed E-state index contributed by atoms with van der Waals surface area (Å²) < 4.78 is 88.3. The maximum Gasteiger partial charge on any atom is 0.432 e. The second-order valence-corrected chi connectivity index (χ2v) is 3.44. The topological polar surface area (TPSA) is 17.1 Å². The van der Waals surface area contributed by atoms with E-state index in [2.05, 4.69) is 11.6 Å². The second-order valence-electron chi connectivity index (χ2n) is 3.10. The van der Waals surface area contributed by atoms with Crippen molar-refractivity contribution in [1.29, 1.82) is 0 Å². The van der Waals surface area contributed by atoms with E-state index in [4.69, 9.17) is 0 Å². The molecule has 1 aliphatic rings. The van der Waals surface area contributed by atoms with E-state index in [9.17, 15) is 35.5 Å². The van der Waals surface area contributed by atoms with E-state index in [0.717, 1.165) is 0 Å². The Kier molecular flexibility index (Phi) is 3.30. The fourth-order valence-electron chi connectivity index (χ4n) is 1.16. The van der Waals surface area contributed by atoms with Crippen molar-refractivity contribution >= 4 is 16.8 Å². The van der Waals surface area contributed by atoms with Gasteiger partial charge in [0.15, 0.2) is 11.7 Å². The molecule has 0 saturated carbocycles. The summed E-state index contributed by atoms with van der Waals surface area (Å²) in [5.41, 5.74) is -6.62. The highest BCUT2D eigenvalue weighted by Crippen LogP contribution is 2.49. The second kappa shape index (κ2) is 4.01. The minimum atomic E-state index is -6.01. The molecule has 2 unspecified atom stereocenters. The van der Waals surface area contributed by atoms with Crippen LogP contribution in [0.15, 0.2) is 23.3 Å². The molecule has 0 saturated heterocycles. The summed E-state index contributed by atoms with van der Waals surface area (Å²) in [7, 11) is 0. The molecule has 17 heavy (non-hydrogen) atoms. The van der Waals surface area contributed by atoms with Crippen LogP contribution in [0.1, 0.15) is 0 Å². The fourth-order valence-corrected chi connectivity index (χ4v) is 1.31. The van der Waals surface area contributed by atoms with Crippen molar-refractivity contribution in [2.45, 2.75) is 18.0 Å². The zero-order valence-electron chi connectivity index (χ0n) is 7.59. The van der Waals surface area contributed by atoms with Gasteiger partial charge in [0.25, 0.3) is 10.9 Å². The predicted molar refractivity (Wildman–Crippen MR) is 43.0 cm³/mol. The quantitative estimate of drug-likeness (QED) is 0.532. The van der Waals surface area contributed by atoms with Gasteiger partial charge in [-0.05, 0) is 17.7 Å².